The maximum Gasteiger partial charge on any atom is 0.115 e. The zero-order valence-electron chi connectivity index (χ0n) is 17.7. The quantitative estimate of drug-likeness (QED) is 0.310. The van der Waals surface area contributed by atoms with Crippen LogP contribution in [0.2, 0.25) is 0 Å². The monoisotopic (exact) mass is 430 g/mol. The van der Waals surface area contributed by atoms with Gasteiger partial charge in [-0.3, -0.25) is 0 Å². The number of nitriles is 1. The lowest BCUT2D eigenvalue weighted by Crippen LogP contribution is -2.00. The van der Waals surface area contributed by atoms with Crippen LogP contribution in [0.1, 0.15) is 34.4 Å². The van der Waals surface area contributed by atoms with Crippen molar-refractivity contribution in [3.63, 3.8) is 0 Å². The first-order chi connectivity index (χ1) is 15.8. The van der Waals surface area contributed by atoms with E-state index >= 15 is 0 Å². The van der Waals surface area contributed by atoms with Gasteiger partial charge in [-0.25, -0.2) is 4.98 Å². The number of rotatable bonds is 5. The second kappa shape index (κ2) is 9.26. The van der Waals surface area contributed by atoms with Crippen molar-refractivity contribution in [2.75, 3.05) is 0 Å². The van der Waals surface area contributed by atoms with E-state index in [2.05, 4.69) is 60.7 Å². The summed E-state index contributed by atoms with van der Waals surface area (Å²) in [6, 6.07) is 33.5. The zero-order valence-corrected chi connectivity index (χ0v) is 18.5. The summed E-state index contributed by atoms with van der Waals surface area (Å²) in [6.07, 6.45) is 4.09. The van der Waals surface area contributed by atoms with Gasteiger partial charge >= 0.3 is 0 Å². The molecule has 1 aliphatic rings. The van der Waals surface area contributed by atoms with Crippen molar-refractivity contribution in [1.29, 1.82) is 5.26 Å². The van der Waals surface area contributed by atoms with E-state index in [1.807, 2.05) is 42.5 Å². The van der Waals surface area contributed by atoms with Gasteiger partial charge in [-0.15, -0.1) is 11.8 Å². The van der Waals surface area contributed by atoms with E-state index in [1.54, 1.807) is 11.8 Å². The number of fused-ring (bicyclic) bond motifs is 1. The van der Waals surface area contributed by atoms with Crippen molar-refractivity contribution in [1.82, 2.24) is 4.98 Å². The van der Waals surface area contributed by atoms with Gasteiger partial charge in [0.1, 0.15) is 11.1 Å². The molecular weight excluding hydrogens is 408 g/mol. The third-order valence-corrected chi connectivity index (χ3v) is 6.79. The maximum atomic E-state index is 10.2. The molecule has 2 nitrogen and oxygen atoms in total. The average molecular weight is 431 g/mol. The average Bonchev–Trinajstić information content (AvgIpc) is 3.25. The molecule has 0 atom stereocenters. The van der Waals surface area contributed by atoms with E-state index in [9.17, 15) is 5.26 Å². The van der Waals surface area contributed by atoms with Crippen molar-refractivity contribution in [2.45, 2.75) is 23.6 Å². The molecule has 0 fully saturated rings. The van der Waals surface area contributed by atoms with Gasteiger partial charge in [-0.05, 0) is 46.7 Å². The van der Waals surface area contributed by atoms with Crippen molar-refractivity contribution in [3.8, 4) is 17.2 Å². The van der Waals surface area contributed by atoms with Crippen LogP contribution in [0.3, 0.4) is 0 Å². The molecule has 0 radical (unpaired) electrons. The zero-order chi connectivity index (χ0) is 21.8. The van der Waals surface area contributed by atoms with E-state index < -0.39 is 0 Å². The fourth-order valence-corrected chi connectivity index (χ4v) is 5.18. The minimum atomic E-state index is 0.692. The number of allylic oxidation sites excluding steroid dienone is 1. The molecule has 32 heavy (non-hydrogen) atoms. The first-order valence-electron chi connectivity index (χ1n) is 10.8. The summed E-state index contributed by atoms with van der Waals surface area (Å²) in [5, 5.41) is 11.0. The van der Waals surface area contributed by atoms with Crippen LogP contribution in [-0.4, -0.2) is 4.98 Å². The van der Waals surface area contributed by atoms with Crippen molar-refractivity contribution in [2.24, 2.45) is 0 Å². The molecule has 154 valence electrons. The lowest BCUT2D eigenvalue weighted by atomic mass is 9.95. The Balaban J connectivity index is 1.65. The second-order valence-corrected chi connectivity index (χ2v) is 8.79. The minimum Gasteiger partial charge on any atom is -0.240 e. The Bertz CT molecular complexity index is 1300. The van der Waals surface area contributed by atoms with E-state index in [1.165, 1.54) is 22.3 Å². The van der Waals surface area contributed by atoms with E-state index in [-0.39, 0.29) is 0 Å². The van der Waals surface area contributed by atoms with E-state index in [0.29, 0.717) is 5.56 Å². The van der Waals surface area contributed by atoms with Gasteiger partial charge in [0.2, 0.25) is 0 Å². The predicted octanol–water partition coefficient (Wildman–Crippen LogP) is 7.40. The van der Waals surface area contributed by atoms with Crippen LogP contribution in [0, 0.1) is 11.3 Å². The number of hydrogen-bond donors (Lipinski definition) is 0. The van der Waals surface area contributed by atoms with Crippen molar-refractivity contribution in [3.05, 3.63) is 119 Å². The van der Waals surface area contributed by atoms with Crippen LogP contribution in [0.25, 0.3) is 22.8 Å². The minimum absolute atomic E-state index is 0.692. The highest BCUT2D eigenvalue weighted by Gasteiger charge is 2.27. The van der Waals surface area contributed by atoms with Crippen LogP contribution in [0.5, 0.6) is 0 Å². The van der Waals surface area contributed by atoms with Crippen LogP contribution in [-0.2, 0) is 12.2 Å². The summed E-state index contributed by atoms with van der Waals surface area (Å²) in [7, 11) is 0. The molecule has 0 N–H and O–H groups in total. The SMILES string of the molecule is N#Cc1c(SCc2ccccc2)nc2c(c1-c1ccccc1)CC/C2=C\c1ccccc1. The molecule has 3 heteroatoms. The highest BCUT2D eigenvalue weighted by Crippen LogP contribution is 2.43. The van der Waals surface area contributed by atoms with Gasteiger partial charge in [0.15, 0.2) is 0 Å². The maximum absolute atomic E-state index is 10.2. The van der Waals surface area contributed by atoms with Crippen LogP contribution >= 0.6 is 11.8 Å². The second-order valence-electron chi connectivity index (χ2n) is 7.83. The first kappa shape index (κ1) is 20.3. The molecule has 0 saturated heterocycles. The first-order valence-corrected chi connectivity index (χ1v) is 11.8. The highest BCUT2D eigenvalue weighted by molar-refractivity contribution is 7.98. The molecule has 0 spiro atoms. The Morgan fingerprint density at radius 2 is 1.50 bits per heavy atom. The Hall–Kier alpha value is -3.61. The number of pyridine rings is 1. The molecule has 0 bridgehead atoms. The summed E-state index contributed by atoms with van der Waals surface area (Å²) < 4.78 is 0. The predicted molar refractivity (Wildman–Crippen MR) is 133 cm³/mol. The Morgan fingerprint density at radius 3 is 2.19 bits per heavy atom. The number of benzene rings is 3. The number of thioether (sulfide) groups is 1. The summed E-state index contributed by atoms with van der Waals surface area (Å²) >= 11 is 1.65. The Kier molecular flexibility index (Phi) is 5.87. The molecule has 3 aromatic carbocycles. The molecule has 0 aliphatic heterocycles. The summed E-state index contributed by atoms with van der Waals surface area (Å²) in [4.78, 5) is 5.08. The summed E-state index contributed by atoms with van der Waals surface area (Å²) in [5.41, 5.74) is 8.72. The van der Waals surface area contributed by atoms with E-state index in [4.69, 9.17) is 4.98 Å². The number of hydrogen-bond acceptors (Lipinski definition) is 3. The lowest BCUT2D eigenvalue weighted by molar-refractivity contribution is 1.05. The molecule has 0 saturated carbocycles. The number of nitrogens with zero attached hydrogens (tertiary/aromatic N) is 2. The summed E-state index contributed by atoms with van der Waals surface area (Å²) in [5.74, 6) is 0.785. The van der Waals surface area contributed by atoms with Gasteiger partial charge in [0, 0.05) is 11.3 Å². The third-order valence-electron chi connectivity index (χ3n) is 5.75. The van der Waals surface area contributed by atoms with Gasteiger partial charge in [-0.2, -0.15) is 5.26 Å². The third kappa shape index (κ3) is 4.10. The number of aromatic nitrogens is 1. The van der Waals surface area contributed by atoms with Gasteiger partial charge in [0.25, 0.3) is 0 Å². The van der Waals surface area contributed by atoms with Crippen molar-refractivity contribution < 1.29 is 0 Å². The smallest absolute Gasteiger partial charge is 0.115 e. The molecule has 1 aliphatic carbocycles. The highest BCUT2D eigenvalue weighted by atomic mass is 32.2. The molecule has 0 amide bonds. The molecule has 1 aromatic heterocycles. The molecular formula is C29H22N2S. The van der Waals surface area contributed by atoms with Crippen LogP contribution in [0.4, 0.5) is 0 Å². The standard InChI is InChI=1S/C29H22N2S/c30-19-26-27(23-14-8-3-9-15-23)25-17-16-24(18-21-10-4-1-5-11-21)28(25)31-29(26)32-20-22-12-6-2-7-13-22/h1-15,18H,16-17,20H2/b24-18+. The Morgan fingerprint density at radius 1 is 0.844 bits per heavy atom. The van der Waals surface area contributed by atoms with Gasteiger partial charge in [0.05, 0.1) is 11.3 Å². The van der Waals surface area contributed by atoms with E-state index in [0.717, 1.165) is 40.4 Å². The van der Waals surface area contributed by atoms with Crippen LogP contribution in [0.15, 0.2) is 96.0 Å². The lowest BCUT2D eigenvalue weighted by Gasteiger charge is -2.15. The fraction of sp³-hybridized carbons (Fsp3) is 0.103. The van der Waals surface area contributed by atoms with Crippen molar-refractivity contribution >= 4 is 23.4 Å². The largest absolute Gasteiger partial charge is 0.240 e. The van der Waals surface area contributed by atoms with Gasteiger partial charge < -0.3 is 0 Å². The summed E-state index contributed by atoms with van der Waals surface area (Å²) in [6.45, 7) is 0. The molecule has 5 rings (SSSR count). The normalized spacial score (nSPS) is 13.7. The van der Waals surface area contributed by atoms with Crippen LogP contribution < -0.4 is 0 Å². The Labute approximate surface area is 193 Å². The topological polar surface area (TPSA) is 36.7 Å². The molecule has 4 aromatic rings. The fourth-order valence-electron chi connectivity index (χ4n) is 4.24. The molecule has 0 unspecified atom stereocenters. The molecule has 1 heterocycles. The van der Waals surface area contributed by atoms with Gasteiger partial charge in [-0.1, -0.05) is 91.0 Å².